The molecule has 1 amide bonds. The Morgan fingerprint density at radius 1 is 1.15 bits per heavy atom. The molecule has 134 valence electrons. The van der Waals surface area contributed by atoms with Gasteiger partial charge in [-0.05, 0) is 50.6 Å². The van der Waals surface area contributed by atoms with Gasteiger partial charge in [0.05, 0.1) is 5.69 Å². The monoisotopic (exact) mass is 370 g/mol. The standard InChI is InChI=1S/C20H19FN2O2S/c1-12-4-8-16(9-5-12)25-11-18-22-14(3)19(26-18)20(24)23-17-10-15(21)7-6-13(17)2/h4-10H,11H2,1-3H3,(H,23,24). The number of thiazole rings is 1. The van der Waals surface area contributed by atoms with E-state index in [0.717, 1.165) is 16.9 Å². The third kappa shape index (κ3) is 4.26. The topological polar surface area (TPSA) is 51.2 Å². The molecule has 1 heterocycles. The highest BCUT2D eigenvalue weighted by atomic mass is 32.1. The summed E-state index contributed by atoms with van der Waals surface area (Å²) in [7, 11) is 0. The number of aryl methyl sites for hydroxylation is 3. The van der Waals surface area contributed by atoms with Crippen molar-refractivity contribution in [1.29, 1.82) is 0 Å². The molecule has 3 aromatic rings. The first kappa shape index (κ1) is 18.1. The number of nitrogens with one attached hydrogen (secondary N) is 1. The van der Waals surface area contributed by atoms with Crippen molar-refractivity contribution < 1.29 is 13.9 Å². The molecule has 0 unspecified atom stereocenters. The van der Waals surface area contributed by atoms with Crippen LogP contribution in [0.15, 0.2) is 42.5 Å². The molecule has 0 aliphatic heterocycles. The van der Waals surface area contributed by atoms with Gasteiger partial charge in [-0.2, -0.15) is 0 Å². The maximum Gasteiger partial charge on any atom is 0.267 e. The minimum atomic E-state index is -0.390. The number of carbonyl (C=O) groups is 1. The maximum absolute atomic E-state index is 13.4. The van der Waals surface area contributed by atoms with Gasteiger partial charge in [-0.1, -0.05) is 23.8 Å². The molecule has 1 aromatic heterocycles. The van der Waals surface area contributed by atoms with Crippen molar-refractivity contribution in [2.75, 3.05) is 5.32 Å². The fourth-order valence-corrected chi connectivity index (χ4v) is 3.29. The molecule has 0 aliphatic carbocycles. The van der Waals surface area contributed by atoms with Crippen LogP contribution in [0.5, 0.6) is 5.75 Å². The molecule has 0 aliphatic rings. The van der Waals surface area contributed by atoms with Crippen LogP contribution in [0.1, 0.15) is 31.5 Å². The van der Waals surface area contributed by atoms with Crippen molar-refractivity contribution in [1.82, 2.24) is 4.98 Å². The number of carbonyl (C=O) groups excluding carboxylic acids is 1. The van der Waals surface area contributed by atoms with Crippen LogP contribution in [-0.2, 0) is 6.61 Å². The molecule has 3 rings (SSSR count). The normalized spacial score (nSPS) is 10.6. The first-order valence-corrected chi connectivity index (χ1v) is 8.97. The Morgan fingerprint density at radius 2 is 1.88 bits per heavy atom. The average molecular weight is 370 g/mol. The van der Waals surface area contributed by atoms with Crippen LogP contribution in [-0.4, -0.2) is 10.9 Å². The van der Waals surface area contributed by atoms with Gasteiger partial charge in [0.2, 0.25) is 0 Å². The predicted molar refractivity (Wildman–Crippen MR) is 101 cm³/mol. The number of rotatable bonds is 5. The van der Waals surface area contributed by atoms with Gasteiger partial charge >= 0.3 is 0 Å². The summed E-state index contributed by atoms with van der Waals surface area (Å²) < 4.78 is 19.1. The van der Waals surface area contributed by atoms with Crippen molar-refractivity contribution in [2.24, 2.45) is 0 Å². The number of halogens is 1. The molecule has 26 heavy (non-hydrogen) atoms. The van der Waals surface area contributed by atoms with Crippen LogP contribution >= 0.6 is 11.3 Å². The lowest BCUT2D eigenvalue weighted by Gasteiger charge is -2.07. The van der Waals surface area contributed by atoms with E-state index in [0.29, 0.717) is 27.9 Å². The van der Waals surface area contributed by atoms with E-state index in [1.165, 1.54) is 23.5 Å². The maximum atomic E-state index is 13.4. The highest BCUT2D eigenvalue weighted by molar-refractivity contribution is 7.13. The second kappa shape index (κ2) is 7.66. The van der Waals surface area contributed by atoms with E-state index in [-0.39, 0.29) is 11.7 Å². The van der Waals surface area contributed by atoms with E-state index in [4.69, 9.17) is 4.74 Å². The van der Waals surface area contributed by atoms with Crippen molar-refractivity contribution in [3.05, 3.63) is 75.0 Å². The van der Waals surface area contributed by atoms with Gasteiger partial charge in [0.25, 0.3) is 5.91 Å². The number of anilines is 1. The Kier molecular flexibility index (Phi) is 5.32. The molecular formula is C20H19FN2O2S. The largest absolute Gasteiger partial charge is 0.486 e. The van der Waals surface area contributed by atoms with Gasteiger partial charge in [-0.3, -0.25) is 4.79 Å². The van der Waals surface area contributed by atoms with Crippen LogP contribution in [0, 0.1) is 26.6 Å². The van der Waals surface area contributed by atoms with Gasteiger partial charge in [-0.25, -0.2) is 9.37 Å². The number of amides is 1. The number of hydrogen-bond donors (Lipinski definition) is 1. The van der Waals surface area contributed by atoms with Crippen LogP contribution in [0.3, 0.4) is 0 Å². The fraction of sp³-hybridized carbons (Fsp3) is 0.200. The van der Waals surface area contributed by atoms with Gasteiger partial charge < -0.3 is 10.1 Å². The number of ether oxygens (including phenoxy) is 1. The summed E-state index contributed by atoms with van der Waals surface area (Å²) in [5.41, 5.74) is 3.04. The highest BCUT2D eigenvalue weighted by Gasteiger charge is 2.17. The Balaban J connectivity index is 1.69. The molecule has 0 saturated heterocycles. The number of hydrogen-bond acceptors (Lipinski definition) is 4. The molecule has 0 bridgehead atoms. The van der Waals surface area contributed by atoms with Crippen molar-refractivity contribution in [3.63, 3.8) is 0 Å². The number of benzene rings is 2. The first-order chi connectivity index (χ1) is 12.4. The fourth-order valence-electron chi connectivity index (χ4n) is 2.41. The molecule has 0 atom stereocenters. The zero-order valence-electron chi connectivity index (χ0n) is 14.8. The lowest BCUT2D eigenvalue weighted by molar-refractivity contribution is 0.102. The number of aromatic nitrogens is 1. The predicted octanol–water partition coefficient (Wildman–Crippen LogP) is 5.04. The summed E-state index contributed by atoms with van der Waals surface area (Å²) in [6.45, 7) is 5.90. The molecular weight excluding hydrogens is 351 g/mol. The molecule has 1 N–H and O–H groups in total. The summed E-state index contributed by atoms with van der Waals surface area (Å²) in [5, 5.41) is 3.46. The van der Waals surface area contributed by atoms with Gasteiger partial charge in [0, 0.05) is 5.69 Å². The summed E-state index contributed by atoms with van der Waals surface area (Å²) in [6.07, 6.45) is 0. The Labute approximate surface area is 155 Å². The minimum Gasteiger partial charge on any atom is -0.486 e. The second-order valence-electron chi connectivity index (χ2n) is 6.04. The molecule has 2 aromatic carbocycles. The van der Waals surface area contributed by atoms with Crippen molar-refractivity contribution in [3.8, 4) is 5.75 Å². The summed E-state index contributed by atoms with van der Waals surface area (Å²) in [6, 6.07) is 12.1. The average Bonchev–Trinajstić information content (AvgIpc) is 2.98. The Morgan fingerprint density at radius 3 is 2.62 bits per heavy atom. The van der Waals surface area contributed by atoms with Crippen LogP contribution in [0.2, 0.25) is 0 Å². The lowest BCUT2D eigenvalue weighted by atomic mass is 10.2. The third-order valence-corrected chi connectivity index (χ3v) is 5.01. The molecule has 0 spiro atoms. The smallest absolute Gasteiger partial charge is 0.267 e. The first-order valence-electron chi connectivity index (χ1n) is 8.15. The summed E-state index contributed by atoms with van der Waals surface area (Å²) in [5.74, 6) is 0.0687. The molecule has 6 heteroatoms. The van der Waals surface area contributed by atoms with Crippen molar-refractivity contribution >= 4 is 22.9 Å². The van der Waals surface area contributed by atoms with E-state index >= 15 is 0 Å². The van der Waals surface area contributed by atoms with Gasteiger partial charge in [0.1, 0.15) is 28.1 Å². The van der Waals surface area contributed by atoms with Gasteiger partial charge in [-0.15, -0.1) is 11.3 Å². The minimum absolute atomic E-state index is 0.293. The zero-order valence-corrected chi connectivity index (χ0v) is 15.6. The Bertz CT molecular complexity index is 935. The van der Waals surface area contributed by atoms with Crippen molar-refractivity contribution in [2.45, 2.75) is 27.4 Å². The molecule has 0 saturated carbocycles. The van der Waals surface area contributed by atoms with E-state index in [2.05, 4.69) is 10.3 Å². The molecule has 0 fully saturated rings. The van der Waals surface area contributed by atoms with E-state index in [9.17, 15) is 9.18 Å². The van der Waals surface area contributed by atoms with E-state index in [1.54, 1.807) is 13.0 Å². The third-order valence-electron chi connectivity index (χ3n) is 3.88. The quantitative estimate of drug-likeness (QED) is 0.685. The van der Waals surface area contributed by atoms with Gasteiger partial charge in [0.15, 0.2) is 0 Å². The SMILES string of the molecule is Cc1ccc(OCc2nc(C)c(C(=O)Nc3cc(F)ccc3C)s2)cc1. The van der Waals surface area contributed by atoms with E-state index < -0.39 is 0 Å². The lowest BCUT2D eigenvalue weighted by Crippen LogP contribution is -2.12. The second-order valence-corrected chi connectivity index (χ2v) is 7.12. The zero-order chi connectivity index (χ0) is 18.7. The molecule has 0 radical (unpaired) electrons. The number of nitrogens with zero attached hydrogens (tertiary/aromatic N) is 1. The summed E-state index contributed by atoms with van der Waals surface area (Å²) >= 11 is 1.28. The highest BCUT2D eigenvalue weighted by Crippen LogP contribution is 2.23. The summed E-state index contributed by atoms with van der Waals surface area (Å²) in [4.78, 5) is 17.4. The van der Waals surface area contributed by atoms with E-state index in [1.807, 2.05) is 38.1 Å². The van der Waals surface area contributed by atoms with Crippen LogP contribution in [0.25, 0.3) is 0 Å². The van der Waals surface area contributed by atoms with Crippen LogP contribution in [0.4, 0.5) is 10.1 Å². The molecule has 4 nitrogen and oxygen atoms in total. The van der Waals surface area contributed by atoms with Crippen LogP contribution < -0.4 is 10.1 Å². The Hall–Kier alpha value is -2.73.